The van der Waals surface area contributed by atoms with Gasteiger partial charge in [-0.2, -0.15) is 0 Å². The summed E-state index contributed by atoms with van der Waals surface area (Å²) in [6, 6.07) is 7.09. The van der Waals surface area contributed by atoms with E-state index in [1.54, 1.807) is 6.07 Å². The predicted octanol–water partition coefficient (Wildman–Crippen LogP) is 3.62. The molecule has 0 spiro atoms. The lowest BCUT2D eigenvalue weighted by atomic mass is 9.89. The topological polar surface area (TPSA) is 3.24 Å². The molecule has 0 unspecified atom stereocenters. The third-order valence-electron chi connectivity index (χ3n) is 3.45. The minimum atomic E-state index is -0.109. The molecule has 1 aromatic carbocycles. The molecule has 0 aliphatic carbocycles. The highest BCUT2D eigenvalue weighted by Gasteiger charge is 2.21. The maximum atomic E-state index is 13.2. The van der Waals surface area contributed by atoms with Crippen LogP contribution in [0.4, 0.5) is 4.39 Å². The van der Waals surface area contributed by atoms with Crippen molar-refractivity contribution in [3.63, 3.8) is 0 Å². The number of nitrogens with zero attached hydrogens (tertiary/aromatic N) is 1. The molecule has 93 valence electrons. The zero-order chi connectivity index (χ0) is 12.3. The Morgan fingerprint density at radius 1 is 1.29 bits per heavy atom. The highest BCUT2D eigenvalue weighted by molar-refractivity contribution is 5.21. The van der Waals surface area contributed by atoms with Crippen LogP contribution in [0.2, 0.25) is 0 Å². The molecular formula is C15H21FN. The average molecular weight is 234 g/mol. The first-order chi connectivity index (χ1) is 8.15. The molecule has 1 aliphatic heterocycles. The van der Waals surface area contributed by atoms with Crippen molar-refractivity contribution in [2.24, 2.45) is 0 Å². The van der Waals surface area contributed by atoms with Crippen LogP contribution >= 0.6 is 0 Å². The number of benzene rings is 1. The molecule has 0 bridgehead atoms. The van der Waals surface area contributed by atoms with Gasteiger partial charge in [0.25, 0.3) is 0 Å². The second-order valence-electron chi connectivity index (χ2n) is 5.31. The minimum Gasteiger partial charge on any atom is -0.303 e. The Balaban J connectivity index is 1.91. The molecule has 1 aromatic rings. The average Bonchev–Trinajstić information content (AvgIpc) is 2.29. The van der Waals surface area contributed by atoms with Crippen LogP contribution < -0.4 is 0 Å². The van der Waals surface area contributed by atoms with Gasteiger partial charge in [-0.25, -0.2) is 4.39 Å². The Kier molecular flexibility index (Phi) is 4.16. The van der Waals surface area contributed by atoms with Gasteiger partial charge in [0, 0.05) is 6.54 Å². The van der Waals surface area contributed by atoms with E-state index in [2.05, 4.69) is 24.8 Å². The van der Waals surface area contributed by atoms with E-state index >= 15 is 0 Å². The maximum absolute atomic E-state index is 13.2. The Labute approximate surface area is 104 Å². The van der Waals surface area contributed by atoms with E-state index in [4.69, 9.17) is 0 Å². The van der Waals surface area contributed by atoms with Crippen LogP contribution in [0.15, 0.2) is 24.3 Å². The van der Waals surface area contributed by atoms with Crippen molar-refractivity contribution in [1.82, 2.24) is 4.90 Å². The second kappa shape index (κ2) is 5.63. The van der Waals surface area contributed by atoms with E-state index in [9.17, 15) is 4.39 Å². The summed E-state index contributed by atoms with van der Waals surface area (Å²) in [6.45, 7) is 7.73. The number of piperidine rings is 1. The third kappa shape index (κ3) is 3.53. The van der Waals surface area contributed by atoms with Gasteiger partial charge in [0.15, 0.2) is 0 Å². The molecule has 1 saturated heterocycles. The van der Waals surface area contributed by atoms with Gasteiger partial charge in [-0.1, -0.05) is 26.0 Å². The van der Waals surface area contributed by atoms with Crippen molar-refractivity contribution in [1.29, 1.82) is 0 Å². The SMILES string of the molecule is C[C](C)CN1CCC(c2cccc(F)c2)CC1. The number of likely N-dealkylation sites (tertiary alicyclic amines) is 1. The zero-order valence-corrected chi connectivity index (χ0v) is 10.7. The highest BCUT2D eigenvalue weighted by atomic mass is 19.1. The van der Waals surface area contributed by atoms with Crippen LogP contribution in [-0.4, -0.2) is 24.5 Å². The summed E-state index contributed by atoms with van der Waals surface area (Å²) < 4.78 is 13.2. The fourth-order valence-electron chi connectivity index (χ4n) is 2.63. The monoisotopic (exact) mass is 234 g/mol. The molecule has 1 nitrogen and oxygen atoms in total. The van der Waals surface area contributed by atoms with Crippen molar-refractivity contribution in [3.05, 3.63) is 41.6 Å². The number of hydrogen-bond donors (Lipinski definition) is 0. The summed E-state index contributed by atoms with van der Waals surface area (Å²) in [5.74, 6) is 1.90. The van der Waals surface area contributed by atoms with Crippen molar-refractivity contribution in [3.8, 4) is 0 Å². The van der Waals surface area contributed by atoms with E-state index < -0.39 is 0 Å². The lowest BCUT2D eigenvalue weighted by Gasteiger charge is -2.33. The largest absolute Gasteiger partial charge is 0.303 e. The van der Waals surface area contributed by atoms with Gasteiger partial charge >= 0.3 is 0 Å². The van der Waals surface area contributed by atoms with Crippen LogP contribution in [0.3, 0.4) is 0 Å². The van der Waals surface area contributed by atoms with E-state index in [0.717, 1.165) is 32.5 Å². The fraction of sp³-hybridized carbons (Fsp3) is 0.533. The fourth-order valence-corrected chi connectivity index (χ4v) is 2.63. The number of rotatable bonds is 3. The van der Waals surface area contributed by atoms with Crippen LogP contribution in [-0.2, 0) is 0 Å². The van der Waals surface area contributed by atoms with Gasteiger partial charge in [0.2, 0.25) is 0 Å². The summed E-state index contributed by atoms with van der Waals surface area (Å²) in [5, 5.41) is 0. The van der Waals surface area contributed by atoms with E-state index in [0.29, 0.717) is 5.92 Å². The van der Waals surface area contributed by atoms with Gasteiger partial charge in [-0.15, -0.1) is 0 Å². The highest BCUT2D eigenvalue weighted by Crippen LogP contribution is 2.28. The Morgan fingerprint density at radius 3 is 2.59 bits per heavy atom. The van der Waals surface area contributed by atoms with Crippen molar-refractivity contribution in [2.75, 3.05) is 19.6 Å². The van der Waals surface area contributed by atoms with Gasteiger partial charge < -0.3 is 4.90 Å². The van der Waals surface area contributed by atoms with Crippen LogP contribution in [0.5, 0.6) is 0 Å². The van der Waals surface area contributed by atoms with Crippen LogP contribution in [0.25, 0.3) is 0 Å². The van der Waals surface area contributed by atoms with Crippen LogP contribution in [0.1, 0.15) is 38.2 Å². The smallest absolute Gasteiger partial charge is 0.123 e. The standard InChI is InChI=1S/C15H21FN/c1-12(2)11-17-8-6-13(7-9-17)14-4-3-5-15(16)10-14/h3-5,10,13H,6-9,11H2,1-2H3. The third-order valence-corrected chi connectivity index (χ3v) is 3.45. The van der Waals surface area contributed by atoms with Gasteiger partial charge in [-0.3, -0.25) is 0 Å². The van der Waals surface area contributed by atoms with Crippen molar-refractivity contribution >= 4 is 0 Å². The summed E-state index contributed by atoms with van der Waals surface area (Å²) >= 11 is 0. The second-order valence-corrected chi connectivity index (χ2v) is 5.31. The molecule has 1 fully saturated rings. The number of halogens is 1. The normalized spacial score (nSPS) is 18.8. The Bertz CT molecular complexity index is 354. The molecule has 0 atom stereocenters. The Morgan fingerprint density at radius 2 is 2.00 bits per heavy atom. The van der Waals surface area contributed by atoms with Crippen LogP contribution in [0, 0.1) is 11.7 Å². The van der Waals surface area contributed by atoms with Gasteiger partial charge in [0.1, 0.15) is 5.82 Å². The maximum Gasteiger partial charge on any atom is 0.123 e. The molecular weight excluding hydrogens is 213 g/mol. The van der Waals surface area contributed by atoms with Gasteiger partial charge in [-0.05, 0) is 55.5 Å². The lowest BCUT2D eigenvalue weighted by Crippen LogP contribution is -2.35. The van der Waals surface area contributed by atoms with E-state index in [1.807, 2.05) is 6.07 Å². The number of hydrogen-bond acceptors (Lipinski definition) is 1. The first-order valence-corrected chi connectivity index (χ1v) is 6.42. The zero-order valence-electron chi connectivity index (χ0n) is 10.7. The summed E-state index contributed by atoms with van der Waals surface area (Å²) in [5.41, 5.74) is 1.17. The summed E-state index contributed by atoms with van der Waals surface area (Å²) in [7, 11) is 0. The molecule has 0 saturated carbocycles. The molecule has 1 heterocycles. The minimum absolute atomic E-state index is 0.109. The predicted molar refractivity (Wildman–Crippen MR) is 69.4 cm³/mol. The molecule has 0 amide bonds. The first kappa shape index (κ1) is 12.6. The van der Waals surface area contributed by atoms with Gasteiger partial charge in [0.05, 0.1) is 0 Å². The summed E-state index contributed by atoms with van der Waals surface area (Å²) in [4.78, 5) is 2.49. The molecule has 2 heteroatoms. The Hall–Kier alpha value is -0.890. The quantitative estimate of drug-likeness (QED) is 0.772. The molecule has 2 rings (SSSR count). The molecule has 0 N–H and O–H groups in total. The van der Waals surface area contributed by atoms with Crippen molar-refractivity contribution < 1.29 is 4.39 Å². The molecule has 0 aromatic heterocycles. The summed E-state index contributed by atoms with van der Waals surface area (Å²) in [6.07, 6.45) is 2.30. The van der Waals surface area contributed by atoms with Crippen molar-refractivity contribution in [2.45, 2.75) is 32.6 Å². The molecule has 1 radical (unpaired) electrons. The van der Waals surface area contributed by atoms with E-state index in [1.165, 1.54) is 17.5 Å². The molecule has 17 heavy (non-hydrogen) atoms. The van der Waals surface area contributed by atoms with E-state index in [-0.39, 0.29) is 5.82 Å². The molecule has 1 aliphatic rings. The lowest BCUT2D eigenvalue weighted by molar-refractivity contribution is 0.220. The first-order valence-electron chi connectivity index (χ1n) is 6.42.